The number of pyridine rings is 1. The van der Waals surface area contributed by atoms with Crippen molar-refractivity contribution < 1.29 is 19.1 Å². The lowest BCUT2D eigenvalue weighted by atomic mass is 10.0. The Labute approximate surface area is 145 Å². The molecule has 5 heteroatoms. The van der Waals surface area contributed by atoms with Gasteiger partial charge in [-0.05, 0) is 13.0 Å². The lowest BCUT2D eigenvalue weighted by Crippen LogP contribution is -2.13. The van der Waals surface area contributed by atoms with E-state index in [1.54, 1.807) is 19.1 Å². The number of carbonyl (C=O) groups is 2. The lowest BCUT2D eigenvalue weighted by molar-refractivity contribution is -0.131. The average molecular weight is 335 g/mol. The van der Waals surface area contributed by atoms with Crippen molar-refractivity contribution in [2.24, 2.45) is 0 Å². The number of benzene rings is 2. The van der Waals surface area contributed by atoms with Crippen LogP contribution in [0.15, 0.2) is 54.6 Å². The van der Waals surface area contributed by atoms with E-state index in [0.29, 0.717) is 16.6 Å². The maximum Gasteiger partial charge on any atom is 0.342 e. The van der Waals surface area contributed by atoms with E-state index in [9.17, 15) is 9.59 Å². The third-order valence-corrected chi connectivity index (χ3v) is 3.62. The monoisotopic (exact) mass is 335 g/mol. The molecule has 0 saturated carbocycles. The Bertz CT molecular complexity index is 935. The van der Waals surface area contributed by atoms with Crippen LogP contribution < -0.4 is 4.74 Å². The van der Waals surface area contributed by atoms with Gasteiger partial charge in [-0.2, -0.15) is 0 Å². The summed E-state index contributed by atoms with van der Waals surface area (Å²) in [5.41, 5.74) is 2.01. The second-order valence-electron chi connectivity index (χ2n) is 5.36. The van der Waals surface area contributed by atoms with Crippen LogP contribution in [0.25, 0.3) is 22.2 Å². The van der Waals surface area contributed by atoms with E-state index in [2.05, 4.69) is 4.98 Å². The molecule has 5 nitrogen and oxygen atoms in total. The van der Waals surface area contributed by atoms with Gasteiger partial charge in [-0.25, -0.2) is 9.78 Å². The van der Waals surface area contributed by atoms with E-state index in [-0.39, 0.29) is 17.9 Å². The molecule has 0 atom stereocenters. The van der Waals surface area contributed by atoms with Crippen LogP contribution >= 0.6 is 0 Å². The maximum absolute atomic E-state index is 12.6. The Balaban J connectivity index is 2.38. The van der Waals surface area contributed by atoms with Crippen LogP contribution in [0.4, 0.5) is 0 Å². The first-order valence-corrected chi connectivity index (χ1v) is 7.95. The predicted molar refractivity (Wildman–Crippen MR) is 94.4 cm³/mol. The molecule has 1 heterocycles. The second-order valence-corrected chi connectivity index (χ2v) is 5.36. The molecule has 3 aromatic rings. The summed E-state index contributed by atoms with van der Waals surface area (Å²) >= 11 is 0. The zero-order chi connectivity index (χ0) is 17.8. The van der Waals surface area contributed by atoms with Crippen molar-refractivity contribution in [3.05, 3.63) is 60.2 Å². The SMILES string of the molecule is CCOC(=O)c1c(OC(C)=O)c(-c2ccccc2)nc2ccccc12. The van der Waals surface area contributed by atoms with Crippen LogP contribution in [0.5, 0.6) is 5.75 Å². The zero-order valence-electron chi connectivity index (χ0n) is 14.0. The smallest absolute Gasteiger partial charge is 0.342 e. The first-order valence-electron chi connectivity index (χ1n) is 7.95. The Morgan fingerprint density at radius 2 is 1.68 bits per heavy atom. The number of nitrogens with zero attached hydrogens (tertiary/aromatic N) is 1. The number of rotatable bonds is 4. The van der Waals surface area contributed by atoms with Crippen molar-refractivity contribution in [3.8, 4) is 17.0 Å². The number of fused-ring (bicyclic) bond motifs is 1. The van der Waals surface area contributed by atoms with Crippen molar-refractivity contribution in [2.45, 2.75) is 13.8 Å². The van der Waals surface area contributed by atoms with Gasteiger partial charge in [0.25, 0.3) is 0 Å². The minimum absolute atomic E-state index is 0.121. The molecule has 0 aliphatic carbocycles. The molecule has 25 heavy (non-hydrogen) atoms. The fraction of sp³-hybridized carbons (Fsp3) is 0.150. The summed E-state index contributed by atoms with van der Waals surface area (Å²) in [6.07, 6.45) is 0. The molecule has 0 saturated heterocycles. The minimum Gasteiger partial charge on any atom is -0.462 e. The molecule has 3 rings (SSSR count). The summed E-state index contributed by atoms with van der Waals surface area (Å²) in [5, 5.41) is 0.580. The van der Waals surface area contributed by atoms with Gasteiger partial charge in [-0.3, -0.25) is 4.79 Å². The number of ether oxygens (including phenoxy) is 2. The topological polar surface area (TPSA) is 65.5 Å². The summed E-state index contributed by atoms with van der Waals surface area (Å²) in [7, 11) is 0. The van der Waals surface area contributed by atoms with Gasteiger partial charge in [0.2, 0.25) is 0 Å². The molecule has 0 N–H and O–H groups in total. The minimum atomic E-state index is -0.547. The van der Waals surface area contributed by atoms with Crippen LogP contribution in [0.3, 0.4) is 0 Å². The second kappa shape index (κ2) is 7.13. The van der Waals surface area contributed by atoms with Gasteiger partial charge < -0.3 is 9.47 Å². The Kier molecular flexibility index (Phi) is 4.75. The lowest BCUT2D eigenvalue weighted by Gasteiger charge is -2.15. The van der Waals surface area contributed by atoms with Crippen molar-refractivity contribution in [3.63, 3.8) is 0 Å². The van der Waals surface area contributed by atoms with E-state index in [1.807, 2.05) is 42.5 Å². The molecule has 0 unspecified atom stereocenters. The predicted octanol–water partition coefficient (Wildman–Crippen LogP) is 4.00. The molecule has 1 aromatic heterocycles. The fourth-order valence-corrected chi connectivity index (χ4v) is 2.64. The van der Waals surface area contributed by atoms with Crippen molar-refractivity contribution in [2.75, 3.05) is 6.61 Å². The molecule has 0 radical (unpaired) electrons. The molecule has 0 aliphatic rings. The van der Waals surface area contributed by atoms with E-state index in [4.69, 9.17) is 9.47 Å². The number of hydrogen-bond donors (Lipinski definition) is 0. The summed E-state index contributed by atoms with van der Waals surface area (Å²) in [6.45, 7) is 3.24. The molecule has 0 bridgehead atoms. The maximum atomic E-state index is 12.6. The van der Waals surface area contributed by atoms with Crippen molar-refractivity contribution in [1.82, 2.24) is 4.98 Å². The molecule has 2 aromatic carbocycles. The third kappa shape index (κ3) is 3.35. The zero-order valence-corrected chi connectivity index (χ0v) is 14.0. The molecule has 0 spiro atoms. The van der Waals surface area contributed by atoms with E-state index in [1.165, 1.54) is 6.92 Å². The fourth-order valence-electron chi connectivity index (χ4n) is 2.64. The van der Waals surface area contributed by atoms with Gasteiger partial charge in [0.15, 0.2) is 5.75 Å². The van der Waals surface area contributed by atoms with Crippen LogP contribution in [-0.2, 0) is 9.53 Å². The molecule has 126 valence electrons. The molecular formula is C20H17NO4. The quantitative estimate of drug-likeness (QED) is 0.674. The molecule has 0 amide bonds. The highest BCUT2D eigenvalue weighted by Gasteiger charge is 2.25. The average Bonchev–Trinajstić information content (AvgIpc) is 2.61. The van der Waals surface area contributed by atoms with Crippen LogP contribution in [0, 0.1) is 0 Å². The Hall–Kier alpha value is -3.21. The Morgan fingerprint density at radius 1 is 1.00 bits per heavy atom. The van der Waals surface area contributed by atoms with Crippen LogP contribution in [0.1, 0.15) is 24.2 Å². The number of esters is 2. The van der Waals surface area contributed by atoms with Crippen molar-refractivity contribution in [1.29, 1.82) is 0 Å². The van der Waals surface area contributed by atoms with Gasteiger partial charge in [0, 0.05) is 17.9 Å². The summed E-state index contributed by atoms with van der Waals surface area (Å²) < 4.78 is 10.6. The van der Waals surface area contributed by atoms with Gasteiger partial charge in [-0.15, -0.1) is 0 Å². The first-order chi connectivity index (χ1) is 12.1. The van der Waals surface area contributed by atoms with Crippen LogP contribution in [-0.4, -0.2) is 23.5 Å². The van der Waals surface area contributed by atoms with E-state index in [0.717, 1.165) is 5.56 Å². The highest BCUT2D eigenvalue weighted by atomic mass is 16.5. The van der Waals surface area contributed by atoms with E-state index >= 15 is 0 Å². The van der Waals surface area contributed by atoms with Gasteiger partial charge in [0.05, 0.1) is 12.1 Å². The summed E-state index contributed by atoms with van der Waals surface area (Å²) in [5.74, 6) is -0.954. The molecule has 0 aliphatic heterocycles. The molecular weight excluding hydrogens is 318 g/mol. The number of para-hydroxylation sites is 1. The Morgan fingerprint density at radius 3 is 2.36 bits per heavy atom. The standard InChI is InChI=1S/C20H17NO4/c1-3-24-20(23)17-15-11-7-8-12-16(15)21-18(19(17)25-13(2)22)14-9-5-4-6-10-14/h4-12H,3H2,1-2H3. The highest BCUT2D eigenvalue weighted by molar-refractivity contribution is 6.08. The van der Waals surface area contributed by atoms with Crippen LogP contribution in [0.2, 0.25) is 0 Å². The largest absolute Gasteiger partial charge is 0.462 e. The number of aromatic nitrogens is 1. The van der Waals surface area contributed by atoms with Gasteiger partial charge in [-0.1, -0.05) is 48.5 Å². The van der Waals surface area contributed by atoms with E-state index < -0.39 is 11.9 Å². The molecule has 0 fully saturated rings. The van der Waals surface area contributed by atoms with Gasteiger partial charge in [0.1, 0.15) is 11.3 Å². The number of carbonyl (C=O) groups excluding carboxylic acids is 2. The normalized spacial score (nSPS) is 10.5. The van der Waals surface area contributed by atoms with Crippen molar-refractivity contribution >= 4 is 22.8 Å². The first kappa shape index (κ1) is 16.6. The summed E-state index contributed by atoms with van der Waals surface area (Å²) in [4.78, 5) is 28.9. The summed E-state index contributed by atoms with van der Waals surface area (Å²) in [6, 6.07) is 16.5. The third-order valence-electron chi connectivity index (χ3n) is 3.62. The number of hydrogen-bond acceptors (Lipinski definition) is 5. The highest BCUT2D eigenvalue weighted by Crippen LogP contribution is 2.36. The van der Waals surface area contributed by atoms with Gasteiger partial charge >= 0.3 is 11.9 Å².